The zero-order valence-electron chi connectivity index (χ0n) is 16.3. The fourth-order valence-electron chi connectivity index (χ4n) is 3.67. The summed E-state index contributed by atoms with van der Waals surface area (Å²) in [5, 5.41) is 3.86. The molecule has 1 aliphatic rings. The number of hydrogen-bond donors (Lipinski definition) is 2. The predicted octanol–water partition coefficient (Wildman–Crippen LogP) is 2.77. The minimum atomic E-state index is -0.448. The van der Waals surface area contributed by atoms with Crippen LogP contribution in [-0.2, 0) is 0 Å². The van der Waals surface area contributed by atoms with Gasteiger partial charge in [0.25, 0.3) is 5.91 Å². The van der Waals surface area contributed by atoms with Crippen LogP contribution in [0.4, 0.5) is 15.9 Å². The lowest BCUT2D eigenvalue weighted by Gasteiger charge is -2.32. The van der Waals surface area contributed by atoms with Gasteiger partial charge in [-0.05, 0) is 37.6 Å². The summed E-state index contributed by atoms with van der Waals surface area (Å²) in [6, 6.07) is 3.90. The lowest BCUT2D eigenvalue weighted by molar-refractivity contribution is -0.898. The molecule has 2 aromatic heterocycles. The number of anilines is 2. The minimum Gasteiger partial charge on any atom is -0.345 e. The zero-order chi connectivity index (χ0) is 20.5. The van der Waals surface area contributed by atoms with Crippen LogP contribution in [0.15, 0.2) is 24.5 Å². The Morgan fingerprint density at radius 1 is 1.34 bits per heavy atom. The lowest BCUT2D eigenvalue weighted by Crippen LogP contribution is -3.14. The monoisotopic (exact) mass is 434 g/mol. The van der Waals surface area contributed by atoms with Crippen LogP contribution < -0.4 is 15.1 Å². The SMILES string of the molecule is CC[NH+]1CCN(c2ncnc3sc(C(=O)Nc4ccc(F)cc4Cl)c(C)c23)CC1. The van der Waals surface area contributed by atoms with Crippen molar-refractivity contribution in [3.05, 3.63) is 45.8 Å². The molecule has 6 nitrogen and oxygen atoms in total. The molecule has 152 valence electrons. The van der Waals surface area contributed by atoms with Gasteiger partial charge in [-0.25, -0.2) is 14.4 Å². The molecular weight excluding hydrogens is 413 g/mol. The number of benzene rings is 1. The predicted molar refractivity (Wildman–Crippen MR) is 115 cm³/mol. The van der Waals surface area contributed by atoms with E-state index in [0.29, 0.717) is 10.6 Å². The van der Waals surface area contributed by atoms with Crippen LogP contribution in [0.3, 0.4) is 0 Å². The maximum absolute atomic E-state index is 13.3. The molecule has 2 N–H and O–H groups in total. The molecule has 9 heteroatoms. The highest BCUT2D eigenvalue weighted by molar-refractivity contribution is 7.20. The van der Waals surface area contributed by atoms with Crippen LogP contribution in [0.2, 0.25) is 5.02 Å². The first-order valence-electron chi connectivity index (χ1n) is 9.57. The molecule has 3 heterocycles. The average Bonchev–Trinajstić information content (AvgIpc) is 3.07. The molecule has 1 aromatic carbocycles. The maximum Gasteiger partial charge on any atom is 0.266 e. The number of quaternary nitrogens is 1. The van der Waals surface area contributed by atoms with Crippen molar-refractivity contribution in [2.24, 2.45) is 0 Å². The third kappa shape index (κ3) is 3.92. The number of amides is 1. The topological polar surface area (TPSA) is 62.6 Å². The Morgan fingerprint density at radius 2 is 2.10 bits per heavy atom. The lowest BCUT2D eigenvalue weighted by atomic mass is 10.1. The third-order valence-electron chi connectivity index (χ3n) is 5.36. The van der Waals surface area contributed by atoms with Gasteiger partial charge in [0.1, 0.15) is 22.8 Å². The highest BCUT2D eigenvalue weighted by Crippen LogP contribution is 2.35. The van der Waals surface area contributed by atoms with Crippen molar-refractivity contribution in [2.45, 2.75) is 13.8 Å². The summed E-state index contributed by atoms with van der Waals surface area (Å²) in [5.41, 5.74) is 1.22. The van der Waals surface area contributed by atoms with Crippen LogP contribution in [0.5, 0.6) is 0 Å². The molecule has 29 heavy (non-hydrogen) atoms. The van der Waals surface area contributed by atoms with E-state index < -0.39 is 5.82 Å². The Balaban J connectivity index is 1.65. The van der Waals surface area contributed by atoms with Crippen molar-refractivity contribution in [1.29, 1.82) is 0 Å². The normalized spacial score (nSPS) is 15.1. The largest absolute Gasteiger partial charge is 0.345 e. The van der Waals surface area contributed by atoms with Crippen LogP contribution >= 0.6 is 22.9 Å². The highest BCUT2D eigenvalue weighted by Gasteiger charge is 2.25. The molecule has 0 spiro atoms. The summed E-state index contributed by atoms with van der Waals surface area (Å²) in [7, 11) is 0. The Morgan fingerprint density at radius 3 is 2.79 bits per heavy atom. The van der Waals surface area contributed by atoms with E-state index in [1.165, 1.54) is 29.5 Å². The van der Waals surface area contributed by atoms with Gasteiger partial charge >= 0.3 is 0 Å². The van der Waals surface area contributed by atoms with Gasteiger partial charge in [0.05, 0.1) is 53.7 Å². The summed E-state index contributed by atoms with van der Waals surface area (Å²) >= 11 is 7.38. The number of likely N-dealkylation sites (N-methyl/N-ethyl adjacent to an activating group) is 1. The van der Waals surface area contributed by atoms with Crippen molar-refractivity contribution < 1.29 is 14.1 Å². The van der Waals surface area contributed by atoms with Gasteiger partial charge in [0.15, 0.2) is 0 Å². The van der Waals surface area contributed by atoms with Crippen LogP contribution in [0, 0.1) is 12.7 Å². The van der Waals surface area contributed by atoms with Crippen LogP contribution in [-0.4, -0.2) is 48.6 Å². The summed E-state index contributed by atoms with van der Waals surface area (Å²) in [6.45, 7) is 9.24. The van der Waals surface area contributed by atoms with Gasteiger partial charge in [0, 0.05) is 0 Å². The quantitative estimate of drug-likeness (QED) is 0.662. The molecule has 0 radical (unpaired) electrons. The number of aromatic nitrogens is 2. The summed E-state index contributed by atoms with van der Waals surface area (Å²) in [5.74, 6) is 0.152. The Bertz CT molecular complexity index is 1060. The fourth-order valence-corrected chi connectivity index (χ4v) is 4.92. The maximum atomic E-state index is 13.3. The molecule has 0 saturated carbocycles. The van der Waals surface area contributed by atoms with E-state index in [9.17, 15) is 9.18 Å². The number of fused-ring (bicyclic) bond motifs is 1. The number of hydrogen-bond acceptors (Lipinski definition) is 5. The average molecular weight is 435 g/mol. The summed E-state index contributed by atoms with van der Waals surface area (Å²) < 4.78 is 13.3. The molecule has 4 rings (SSSR count). The zero-order valence-corrected chi connectivity index (χ0v) is 17.8. The number of carbonyl (C=O) groups excluding carboxylic acids is 1. The van der Waals surface area contributed by atoms with Gasteiger partial charge in [0.2, 0.25) is 0 Å². The van der Waals surface area contributed by atoms with E-state index in [1.54, 1.807) is 11.2 Å². The Hall–Kier alpha value is -2.29. The number of thiophene rings is 1. The van der Waals surface area contributed by atoms with Gasteiger partial charge in [-0.2, -0.15) is 0 Å². The Labute approximate surface area is 177 Å². The molecule has 0 aliphatic carbocycles. The van der Waals surface area contributed by atoms with Gasteiger partial charge in [-0.3, -0.25) is 4.79 Å². The van der Waals surface area contributed by atoms with E-state index in [2.05, 4.69) is 27.1 Å². The first kappa shape index (κ1) is 20.0. The van der Waals surface area contributed by atoms with Crippen molar-refractivity contribution >= 4 is 50.6 Å². The number of halogens is 2. The van der Waals surface area contributed by atoms with E-state index in [4.69, 9.17) is 11.6 Å². The van der Waals surface area contributed by atoms with Crippen molar-refractivity contribution in [3.8, 4) is 0 Å². The van der Waals surface area contributed by atoms with Crippen LogP contribution in [0.25, 0.3) is 10.2 Å². The Kier molecular flexibility index (Phi) is 5.67. The number of carbonyl (C=O) groups is 1. The fraction of sp³-hybridized carbons (Fsp3) is 0.350. The number of piperazine rings is 1. The van der Waals surface area contributed by atoms with E-state index in [0.717, 1.165) is 54.3 Å². The number of aryl methyl sites for hydroxylation is 1. The van der Waals surface area contributed by atoms with E-state index >= 15 is 0 Å². The van der Waals surface area contributed by atoms with Gasteiger partial charge in [-0.1, -0.05) is 11.6 Å². The molecule has 1 amide bonds. The molecule has 0 bridgehead atoms. The van der Waals surface area contributed by atoms with Crippen molar-refractivity contribution in [1.82, 2.24) is 9.97 Å². The number of rotatable bonds is 4. The van der Waals surface area contributed by atoms with Gasteiger partial charge in [-0.15, -0.1) is 11.3 Å². The summed E-state index contributed by atoms with van der Waals surface area (Å²) in [6.07, 6.45) is 1.56. The first-order valence-corrected chi connectivity index (χ1v) is 10.8. The molecule has 1 fully saturated rings. The third-order valence-corrected chi connectivity index (χ3v) is 6.87. The molecule has 3 aromatic rings. The second-order valence-corrected chi connectivity index (χ2v) is 8.51. The highest BCUT2D eigenvalue weighted by atomic mass is 35.5. The molecular formula is C20H22ClFN5OS+. The molecule has 0 atom stereocenters. The van der Waals surface area contributed by atoms with Crippen molar-refractivity contribution in [3.63, 3.8) is 0 Å². The summed E-state index contributed by atoms with van der Waals surface area (Å²) in [4.78, 5) is 27.0. The molecule has 1 saturated heterocycles. The molecule has 0 unspecified atom stereocenters. The van der Waals surface area contributed by atoms with Crippen molar-refractivity contribution in [2.75, 3.05) is 42.9 Å². The second kappa shape index (κ2) is 8.22. The number of nitrogens with one attached hydrogen (secondary N) is 2. The van der Waals surface area contributed by atoms with Gasteiger partial charge < -0.3 is 15.1 Å². The first-order chi connectivity index (χ1) is 14.0. The van der Waals surface area contributed by atoms with E-state index in [-0.39, 0.29) is 10.9 Å². The molecule has 1 aliphatic heterocycles. The minimum absolute atomic E-state index is 0.161. The van der Waals surface area contributed by atoms with Crippen LogP contribution in [0.1, 0.15) is 22.2 Å². The standard InChI is InChI=1S/C20H21ClFN5OS/c1-3-26-6-8-27(9-7-26)18-16-12(2)17(29-20(16)24-11-23-18)19(28)25-15-5-4-13(22)10-14(15)21/h4-5,10-11H,3,6-9H2,1-2H3,(H,25,28)/p+1. The van der Waals surface area contributed by atoms with E-state index in [1.807, 2.05) is 6.92 Å². The second-order valence-electron chi connectivity index (χ2n) is 7.10. The number of nitrogens with zero attached hydrogens (tertiary/aromatic N) is 3. The smallest absolute Gasteiger partial charge is 0.266 e.